The molecular weight excluding hydrogens is 771 g/mol. The van der Waals surface area contributed by atoms with Gasteiger partial charge in [-0.2, -0.15) is 0 Å². The van der Waals surface area contributed by atoms with Gasteiger partial charge in [0.1, 0.15) is 0 Å². The predicted molar refractivity (Wildman–Crippen MR) is 273 cm³/mol. The molecule has 11 aromatic rings. The highest BCUT2D eigenvalue weighted by molar-refractivity contribution is 7.00. The lowest BCUT2D eigenvalue weighted by Gasteiger charge is -2.45. The minimum Gasteiger partial charge on any atom is -0.311 e. The molecule has 0 unspecified atom stereocenters. The van der Waals surface area contributed by atoms with Gasteiger partial charge in [0.05, 0.1) is 0 Å². The van der Waals surface area contributed by atoms with Crippen molar-refractivity contribution in [3.05, 3.63) is 223 Å². The number of hydrogen-bond donors (Lipinski definition) is 0. The molecule has 2 nitrogen and oxygen atoms in total. The summed E-state index contributed by atoms with van der Waals surface area (Å²) < 4.78 is 0. The van der Waals surface area contributed by atoms with E-state index in [0.717, 1.165) is 11.4 Å². The normalized spacial score (nSPS) is 14.1. The maximum atomic E-state index is 2.58. The van der Waals surface area contributed by atoms with Crippen LogP contribution in [0.15, 0.2) is 212 Å². The fraction of sp³-hybridized carbons (Fsp3) is 0.0492. The predicted octanol–water partition coefficient (Wildman–Crippen LogP) is 14.4. The van der Waals surface area contributed by atoms with Gasteiger partial charge in [-0.05, 0) is 125 Å². The molecule has 0 saturated carbocycles. The summed E-state index contributed by atoms with van der Waals surface area (Å²) in [6, 6.07) is 80.0. The minimum absolute atomic E-state index is 0.0246. The van der Waals surface area contributed by atoms with Crippen molar-refractivity contribution < 1.29 is 0 Å². The molecule has 2 heterocycles. The first-order valence-corrected chi connectivity index (χ1v) is 22.5. The lowest BCUT2D eigenvalue weighted by molar-refractivity contribution is 0.660. The van der Waals surface area contributed by atoms with Crippen molar-refractivity contribution in [2.75, 3.05) is 9.80 Å². The fourth-order valence-electron chi connectivity index (χ4n) is 11.9. The second-order valence-corrected chi connectivity index (χ2v) is 18.4. The molecule has 1 aliphatic carbocycles. The van der Waals surface area contributed by atoms with Crippen molar-refractivity contribution >= 4 is 100 Å². The zero-order chi connectivity index (χ0) is 42.3. The Balaban J connectivity index is 1.14. The highest BCUT2D eigenvalue weighted by Gasteiger charge is 2.45. The summed E-state index contributed by atoms with van der Waals surface area (Å²) in [5, 5.41) is 10.1. The summed E-state index contributed by atoms with van der Waals surface area (Å²) >= 11 is 0. The smallest absolute Gasteiger partial charge is 0.252 e. The van der Waals surface area contributed by atoms with E-state index in [-0.39, 0.29) is 12.1 Å². The first kappa shape index (κ1) is 35.7. The Bertz CT molecular complexity index is 3590. The van der Waals surface area contributed by atoms with Crippen LogP contribution in [0.1, 0.15) is 25.0 Å². The van der Waals surface area contributed by atoms with Crippen molar-refractivity contribution in [2.24, 2.45) is 0 Å². The molecule has 0 fully saturated rings. The van der Waals surface area contributed by atoms with Gasteiger partial charge in [0, 0.05) is 50.3 Å². The van der Waals surface area contributed by atoms with Gasteiger partial charge in [0.25, 0.3) is 6.71 Å². The molecule has 0 N–H and O–H groups in total. The van der Waals surface area contributed by atoms with E-state index in [2.05, 4.69) is 236 Å². The lowest BCUT2D eigenvalue weighted by Crippen LogP contribution is -2.61. The molecule has 0 spiro atoms. The van der Waals surface area contributed by atoms with E-state index in [0.29, 0.717) is 0 Å². The van der Waals surface area contributed by atoms with Gasteiger partial charge in [-0.3, -0.25) is 0 Å². The van der Waals surface area contributed by atoms with Crippen LogP contribution < -0.4 is 26.2 Å². The molecule has 64 heavy (non-hydrogen) atoms. The van der Waals surface area contributed by atoms with Crippen molar-refractivity contribution in [1.82, 2.24) is 0 Å². The van der Waals surface area contributed by atoms with Crippen LogP contribution in [0, 0.1) is 0 Å². The number of para-hydroxylation sites is 2. The van der Waals surface area contributed by atoms with E-state index in [1.807, 2.05) is 0 Å². The molecule has 2 aliphatic heterocycles. The molecule has 14 rings (SSSR count). The van der Waals surface area contributed by atoms with Crippen molar-refractivity contribution in [2.45, 2.75) is 19.3 Å². The third kappa shape index (κ3) is 4.81. The van der Waals surface area contributed by atoms with E-state index in [1.54, 1.807) is 0 Å². The maximum Gasteiger partial charge on any atom is 0.252 e. The third-order valence-corrected chi connectivity index (χ3v) is 14.8. The van der Waals surface area contributed by atoms with Crippen LogP contribution in [0.4, 0.5) is 34.1 Å². The van der Waals surface area contributed by atoms with Crippen LogP contribution in [0.25, 0.3) is 65.3 Å². The maximum absolute atomic E-state index is 2.58. The summed E-state index contributed by atoms with van der Waals surface area (Å²) in [4.78, 5) is 5.17. The van der Waals surface area contributed by atoms with Crippen LogP contribution >= 0.6 is 0 Å². The Labute approximate surface area is 373 Å². The molecular formula is C61H41BN2. The number of benzene rings is 11. The van der Waals surface area contributed by atoms with Crippen LogP contribution in [0.3, 0.4) is 0 Å². The van der Waals surface area contributed by atoms with Gasteiger partial charge in [0.2, 0.25) is 0 Å². The SMILES string of the molecule is CC1(C)c2ccccc2-c2cc(-c3cc4c5c(c3)N(c3ccccc3)c3c(ccc6c3ccc3ccccc36)B5c3ccc5c(ccc6ccccc65)c3N4c3ccccc3)ccc21. The first-order chi connectivity index (χ1) is 31.5. The van der Waals surface area contributed by atoms with Crippen LogP contribution in [-0.4, -0.2) is 6.71 Å². The average molecular weight is 813 g/mol. The lowest BCUT2D eigenvalue weighted by atomic mass is 9.33. The summed E-state index contributed by atoms with van der Waals surface area (Å²) in [5.74, 6) is 0. The van der Waals surface area contributed by atoms with E-state index in [1.165, 1.54) is 116 Å². The van der Waals surface area contributed by atoms with Crippen molar-refractivity contribution in [3.8, 4) is 22.3 Å². The quantitative estimate of drug-likeness (QED) is 0.130. The molecule has 0 aromatic heterocycles. The molecule has 3 heteroatoms. The molecule has 0 atom stereocenters. The van der Waals surface area contributed by atoms with Gasteiger partial charge in [-0.1, -0.05) is 184 Å². The summed E-state index contributed by atoms with van der Waals surface area (Å²) in [5.41, 5.74) is 18.9. The Morgan fingerprint density at radius 3 is 1.42 bits per heavy atom. The van der Waals surface area contributed by atoms with Gasteiger partial charge >= 0.3 is 0 Å². The molecule has 11 aromatic carbocycles. The van der Waals surface area contributed by atoms with Gasteiger partial charge < -0.3 is 9.80 Å². The van der Waals surface area contributed by atoms with Crippen molar-refractivity contribution in [1.29, 1.82) is 0 Å². The molecule has 0 saturated heterocycles. The number of nitrogens with zero attached hydrogens (tertiary/aromatic N) is 2. The number of anilines is 6. The van der Waals surface area contributed by atoms with E-state index in [9.17, 15) is 0 Å². The van der Waals surface area contributed by atoms with Crippen LogP contribution in [0.5, 0.6) is 0 Å². The van der Waals surface area contributed by atoms with Gasteiger partial charge in [0.15, 0.2) is 0 Å². The zero-order valence-electron chi connectivity index (χ0n) is 35.7. The second-order valence-electron chi connectivity index (χ2n) is 18.4. The van der Waals surface area contributed by atoms with Crippen LogP contribution in [-0.2, 0) is 5.41 Å². The number of fused-ring (bicyclic) bond motifs is 15. The highest BCUT2D eigenvalue weighted by Crippen LogP contribution is 2.52. The van der Waals surface area contributed by atoms with E-state index >= 15 is 0 Å². The molecule has 0 amide bonds. The van der Waals surface area contributed by atoms with Gasteiger partial charge in [-0.25, -0.2) is 0 Å². The summed E-state index contributed by atoms with van der Waals surface area (Å²) in [7, 11) is 0. The average Bonchev–Trinajstić information content (AvgIpc) is 3.58. The first-order valence-electron chi connectivity index (χ1n) is 22.5. The number of rotatable bonds is 3. The summed E-state index contributed by atoms with van der Waals surface area (Å²) in [6.45, 7) is 4.71. The summed E-state index contributed by atoms with van der Waals surface area (Å²) in [6.07, 6.45) is 0. The number of hydrogen-bond acceptors (Lipinski definition) is 2. The monoisotopic (exact) mass is 812 g/mol. The van der Waals surface area contributed by atoms with Crippen molar-refractivity contribution in [3.63, 3.8) is 0 Å². The standard InChI is InChI=1S/C61H41BN2/c1-61(2)52-24-14-13-23-48(52)51-35-40(27-32-53(51)61)41-36-56-58-57(37-41)64(43-19-7-4-8-20-43)60-50-29-26-39-16-10-12-22-45(39)47(50)31-34-55(60)62(58)54-33-30-46-44-21-11-9-15-38(44)25-28-49(46)59(54)63(56)42-17-5-3-6-18-42/h3-37H,1-2H3. The Hall–Kier alpha value is -7.88. The molecule has 298 valence electrons. The molecule has 0 radical (unpaired) electrons. The minimum atomic E-state index is -0.0718. The Morgan fingerprint density at radius 2 is 0.844 bits per heavy atom. The van der Waals surface area contributed by atoms with Gasteiger partial charge in [-0.15, -0.1) is 0 Å². The molecule has 0 bridgehead atoms. The molecule has 3 aliphatic rings. The zero-order valence-corrected chi connectivity index (χ0v) is 35.7. The fourth-order valence-corrected chi connectivity index (χ4v) is 11.9. The highest BCUT2D eigenvalue weighted by atomic mass is 15.2. The van der Waals surface area contributed by atoms with E-state index in [4.69, 9.17) is 0 Å². The second kappa shape index (κ2) is 13.1. The Morgan fingerprint density at radius 1 is 0.359 bits per heavy atom. The van der Waals surface area contributed by atoms with Crippen LogP contribution in [0.2, 0.25) is 0 Å². The Kier molecular flexibility index (Phi) is 7.29. The third-order valence-electron chi connectivity index (χ3n) is 14.8. The largest absolute Gasteiger partial charge is 0.311 e. The topological polar surface area (TPSA) is 6.48 Å². The van der Waals surface area contributed by atoms with E-state index < -0.39 is 0 Å².